The molecule has 1 saturated heterocycles. The highest BCUT2D eigenvalue weighted by Gasteiger charge is 2.29. The monoisotopic (exact) mass is 277 g/mol. The van der Waals surface area contributed by atoms with E-state index in [9.17, 15) is 0 Å². The van der Waals surface area contributed by atoms with Crippen molar-refractivity contribution in [2.75, 3.05) is 13.1 Å². The molecule has 3 rings (SSSR count). The van der Waals surface area contributed by atoms with E-state index in [0.29, 0.717) is 17.9 Å². The lowest BCUT2D eigenvalue weighted by atomic mass is 9.88. The van der Waals surface area contributed by atoms with Crippen LogP contribution < -0.4 is 5.32 Å². The number of fused-ring (bicyclic) bond motifs is 1. The molecule has 0 radical (unpaired) electrons. The van der Waals surface area contributed by atoms with Crippen molar-refractivity contribution in [3.63, 3.8) is 0 Å². The average molecular weight is 278 g/mol. The second-order valence-corrected chi connectivity index (χ2v) is 6.21. The van der Waals surface area contributed by atoms with Gasteiger partial charge in [-0.1, -0.05) is 18.5 Å². The Morgan fingerprint density at radius 3 is 2.63 bits per heavy atom. The summed E-state index contributed by atoms with van der Waals surface area (Å²) in [6.45, 7) is 8.90. The van der Waals surface area contributed by atoms with Crippen LogP contribution in [0.4, 0.5) is 0 Å². The Bertz CT molecular complexity index is 599. The van der Waals surface area contributed by atoms with Gasteiger partial charge in [-0.25, -0.2) is 4.98 Å². The molecule has 1 aromatic carbocycles. The Morgan fingerprint density at radius 2 is 2.05 bits per heavy atom. The fourth-order valence-corrected chi connectivity index (χ4v) is 2.99. The van der Waals surface area contributed by atoms with E-state index in [1.165, 1.54) is 5.82 Å². The van der Waals surface area contributed by atoms with Crippen LogP contribution in [0.15, 0.2) is 18.2 Å². The van der Waals surface area contributed by atoms with Gasteiger partial charge >= 0.3 is 0 Å². The van der Waals surface area contributed by atoms with Crippen LogP contribution in [0.25, 0.3) is 11.0 Å². The lowest BCUT2D eigenvalue weighted by Crippen LogP contribution is -2.45. The number of benzene rings is 1. The molecule has 1 atom stereocenters. The SMILES string of the molecule is CC(c1nc2ccc(Cl)cc2n1C(C)C)C1CNC1. The normalized spacial score (nSPS) is 17.9. The van der Waals surface area contributed by atoms with Gasteiger partial charge in [0, 0.05) is 17.0 Å². The fraction of sp³-hybridized carbons (Fsp3) is 0.533. The van der Waals surface area contributed by atoms with Crippen molar-refractivity contribution >= 4 is 22.6 Å². The van der Waals surface area contributed by atoms with Gasteiger partial charge in [0.15, 0.2) is 0 Å². The lowest BCUT2D eigenvalue weighted by Gasteiger charge is -2.33. The van der Waals surface area contributed by atoms with Crippen LogP contribution in [0.2, 0.25) is 5.02 Å². The molecule has 0 saturated carbocycles. The largest absolute Gasteiger partial charge is 0.325 e. The summed E-state index contributed by atoms with van der Waals surface area (Å²) >= 11 is 6.13. The topological polar surface area (TPSA) is 29.9 Å². The van der Waals surface area contributed by atoms with Crippen LogP contribution >= 0.6 is 11.6 Å². The van der Waals surface area contributed by atoms with Crippen LogP contribution in [0, 0.1) is 5.92 Å². The minimum absolute atomic E-state index is 0.397. The van der Waals surface area contributed by atoms with E-state index in [-0.39, 0.29) is 0 Å². The first-order valence-corrected chi connectivity index (χ1v) is 7.34. The quantitative estimate of drug-likeness (QED) is 0.929. The number of rotatable bonds is 3. The summed E-state index contributed by atoms with van der Waals surface area (Å²) in [7, 11) is 0. The highest BCUT2D eigenvalue weighted by atomic mass is 35.5. The average Bonchev–Trinajstić information content (AvgIpc) is 2.64. The number of nitrogens with zero attached hydrogens (tertiary/aromatic N) is 2. The Balaban J connectivity index is 2.14. The summed E-state index contributed by atoms with van der Waals surface area (Å²) in [5, 5.41) is 4.12. The second-order valence-electron chi connectivity index (χ2n) is 5.77. The summed E-state index contributed by atoms with van der Waals surface area (Å²) in [6.07, 6.45) is 0. The summed E-state index contributed by atoms with van der Waals surface area (Å²) in [4.78, 5) is 4.85. The molecule has 1 fully saturated rings. The number of nitrogens with one attached hydrogen (secondary N) is 1. The molecule has 0 spiro atoms. The van der Waals surface area contributed by atoms with Crippen LogP contribution in [0.5, 0.6) is 0 Å². The lowest BCUT2D eigenvalue weighted by molar-refractivity contribution is 0.289. The molecule has 0 aliphatic carbocycles. The van der Waals surface area contributed by atoms with Crippen molar-refractivity contribution in [2.45, 2.75) is 32.7 Å². The molecule has 0 amide bonds. The van der Waals surface area contributed by atoms with Gasteiger partial charge in [-0.05, 0) is 51.1 Å². The fourth-order valence-electron chi connectivity index (χ4n) is 2.82. The van der Waals surface area contributed by atoms with Crippen molar-refractivity contribution < 1.29 is 0 Å². The third-order valence-corrected chi connectivity index (χ3v) is 4.36. The van der Waals surface area contributed by atoms with Gasteiger partial charge in [-0.3, -0.25) is 0 Å². The number of imidazole rings is 1. The molecule has 2 aromatic rings. The van der Waals surface area contributed by atoms with Gasteiger partial charge in [0.2, 0.25) is 0 Å². The zero-order valence-electron chi connectivity index (χ0n) is 11.7. The Labute approximate surface area is 119 Å². The van der Waals surface area contributed by atoms with Gasteiger partial charge in [-0.2, -0.15) is 0 Å². The molecule has 0 bridgehead atoms. The molecular formula is C15H20ClN3. The van der Waals surface area contributed by atoms with Crippen molar-refractivity contribution in [1.82, 2.24) is 14.9 Å². The summed E-state index contributed by atoms with van der Waals surface area (Å²) < 4.78 is 2.34. The van der Waals surface area contributed by atoms with Crippen molar-refractivity contribution in [3.05, 3.63) is 29.0 Å². The Morgan fingerprint density at radius 1 is 1.32 bits per heavy atom. The van der Waals surface area contributed by atoms with Gasteiger partial charge in [0.1, 0.15) is 5.82 Å². The summed E-state index contributed by atoms with van der Waals surface area (Å²) in [6, 6.07) is 6.36. The van der Waals surface area contributed by atoms with E-state index in [1.54, 1.807) is 0 Å². The van der Waals surface area contributed by atoms with Gasteiger partial charge in [-0.15, -0.1) is 0 Å². The third kappa shape index (κ3) is 2.15. The smallest absolute Gasteiger partial charge is 0.113 e. The van der Waals surface area contributed by atoms with E-state index in [0.717, 1.165) is 29.1 Å². The molecular weight excluding hydrogens is 258 g/mol. The van der Waals surface area contributed by atoms with Gasteiger partial charge in [0.25, 0.3) is 0 Å². The third-order valence-electron chi connectivity index (χ3n) is 4.12. The number of aromatic nitrogens is 2. The van der Waals surface area contributed by atoms with Crippen LogP contribution in [0.3, 0.4) is 0 Å². The maximum Gasteiger partial charge on any atom is 0.113 e. The van der Waals surface area contributed by atoms with Crippen LogP contribution in [-0.4, -0.2) is 22.6 Å². The van der Waals surface area contributed by atoms with E-state index < -0.39 is 0 Å². The van der Waals surface area contributed by atoms with Gasteiger partial charge in [0.05, 0.1) is 11.0 Å². The standard InChI is InChI=1S/C15H20ClN3/c1-9(2)19-14-6-12(16)4-5-13(14)18-15(19)10(3)11-7-17-8-11/h4-6,9-11,17H,7-8H2,1-3H3. The predicted octanol–water partition coefficient (Wildman–Crippen LogP) is 3.59. The first-order chi connectivity index (χ1) is 9.08. The van der Waals surface area contributed by atoms with Crippen molar-refractivity contribution in [2.24, 2.45) is 5.92 Å². The summed E-state index contributed by atoms with van der Waals surface area (Å²) in [5.74, 6) is 2.37. The molecule has 19 heavy (non-hydrogen) atoms. The van der Waals surface area contributed by atoms with Gasteiger partial charge < -0.3 is 9.88 Å². The molecule has 102 valence electrons. The minimum Gasteiger partial charge on any atom is -0.325 e. The number of hydrogen-bond acceptors (Lipinski definition) is 2. The number of hydrogen-bond donors (Lipinski definition) is 1. The zero-order valence-corrected chi connectivity index (χ0v) is 12.4. The highest BCUT2D eigenvalue weighted by Crippen LogP contribution is 2.32. The molecule has 1 aliphatic heterocycles. The Kier molecular flexibility index (Phi) is 3.27. The molecule has 1 unspecified atom stereocenters. The molecule has 3 nitrogen and oxygen atoms in total. The van der Waals surface area contributed by atoms with Crippen LogP contribution in [-0.2, 0) is 0 Å². The highest BCUT2D eigenvalue weighted by molar-refractivity contribution is 6.31. The zero-order chi connectivity index (χ0) is 13.6. The molecule has 1 aliphatic rings. The van der Waals surface area contributed by atoms with Crippen molar-refractivity contribution in [3.8, 4) is 0 Å². The minimum atomic E-state index is 0.397. The van der Waals surface area contributed by atoms with E-state index in [2.05, 4.69) is 30.7 Å². The first kappa shape index (κ1) is 12.9. The maximum atomic E-state index is 6.13. The second kappa shape index (κ2) is 4.80. The Hall–Kier alpha value is -1.06. The molecule has 1 N–H and O–H groups in total. The molecule has 1 aromatic heterocycles. The molecule has 4 heteroatoms. The maximum absolute atomic E-state index is 6.13. The van der Waals surface area contributed by atoms with Crippen LogP contribution in [0.1, 0.15) is 38.6 Å². The van der Waals surface area contributed by atoms with E-state index in [1.807, 2.05) is 18.2 Å². The van der Waals surface area contributed by atoms with E-state index >= 15 is 0 Å². The number of halogens is 1. The molecule has 2 heterocycles. The van der Waals surface area contributed by atoms with Crippen molar-refractivity contribution in [1.29, 1.82) is 0 Å². The summed E-state index contributed by atoms with van der Waals surface area (Å²) in [5.41, 5.74) is 2.20. The first-order valence-electron chi connectivity index (χ1n) is 6.96. The predicted molar refractivity (Wildman–Crippen MR) is 79.9 cm³/mol. The van der Waals surface area contributed by atoms with E-state index in [4.69, 9.17) is 16.6 Å².